The summed E-state index contributed by atoms with van der Waals surface area (Å²) in [5.41, 5.74) is 0. The Morgan fingerprint density at radius 1 is 1.26 bits per heavy atom. The molecule has 23 heavy (non-hydrogen) atoms. The van der Waals surface area contributed by atoms with Crippen LogP contribution >= 0.6 is 24.0 Å². The molecule has 0 amide bonds. The van der Waals surface area contributed by atoms with Gasteiger partial charge in [-0.2, -0.15) is 0 Å². The van der Waals surface area contributed by atoms with E-state index in [1.54, 1.807) is 0 Å². The quantitative estimate of drug-likeness (QED) is 0.328. The van der Waals surface area contributed by atoms with E-state index in [0.29, 0.717) is 6.04 Å². The fraction of sp³-hybridized carbons (Fsp3) is 0.944. The minimum atomic E-state index is 0. The monoisotopic (exact) mass is 438 g/mol. The van der Waals surface area contributed by atoms with Gasteiger partial charge in [0.25, 0.3) is 0 Å². The van der Waals surface area contributed by atoms with Crippen LogP contribution in [0, 0.1) is 11.8 Å². The van der Waals surface area contributed by atoms with E-state index in [0.717, 1.165) is 24.3 Å². The van der Waals surface area contributed by atoms with Gasteiger partial charge in [0.05, 0.1) is 0 Å². The van der Waals surface area contributed by atoms with Crippen LogP contribution in [0.1, 0.15) is 59.8 Å². The van der Waals surface area contributed by atoms with Gasteiger partial charge in [-0.1, -0.05) is 33.6 Å². The van der Waals surface area contributed by atoms with Crippen molar-refractivity contribution in [3.8, 4) is 0 Å². The first-order chi connectivity index (χ1) is 10.5. The number of nitrogens with zero attached hydrogens (tertiary/aromatic N) is 2. The second-order valence-electron chi connectivity index (χ2n) is 7.28. The van der Waals surface area contributed by atoms with Crippen LogP contribution in [0.25, 0.3) is 0 Å². The second kappa shape index (κ2) is 13.3. The van der Waals surface area contributed by atoms with Crippen LogP contribution in [0.2, 0.25) is 0 Å². The summed E-state index contributed by atoms with van der Waals surface area (Å²) in [6, 6.07) is 0.491. The number of guanidine groups is 1. The summed E-state index contributed by atoms with van der Waals surface area (Å²) < 4.78 is 0. The Morgan fingerprint density at radius 3 is 2.61 bits per heavy atom. The highest BCUT2D eigenvalue weighted by Gasteiger charge is 2.21. The van der Waals surface area contributed by atoms with Crippen molar-refractivity contribution < 1.29 is 0 Å². The van der Waals surface area contributed by atoms with Crippen LogP contribution in [0.3, 0.4) is 0 Å². The normalized spacial score (nSPS) is 20.4. The first-order valence-corrected chi connectivity index (χ1v) is 9.24. The zero-order valence-electron chi connectivity index (χ0n) is 15.9. The molecule has 1 fully saturated rings. The number of rotatable bonds is 9. The van der Waals surface area contributed by atoms with Crippen LogP contribution in [-0.2, 0) is 0 Å². The molecule has 0 spiro atoms. The van der Waals surface area contributed by atoms with E-state index < -0.39 is 0 Å². The standard InChI is InChI=1S/C18H38N4.HI/c1-6-11-22-12-10-17(14-22)13-20-18(19-5)21-16(4)9-7-8-15(2)3;/h15-17H,6-14H2,1-5H3,(H2,19,20,21);1H. The average molecular weight is 438 g/mol. The first kappa shape index (κ1) is 23.0. The molecule has 4 nitrogen and oxygen atoms in total. The van der Waals surface area contributed by atoms with E-state index >= 15 is 0 Å². The molecule has 1 heterocycles. The zero-order chi connectivity index (χ0) is 16.4. The number of hydrogen-bond donors (Lipinski definition) is 2. The summed E-state index contributed by atoms with van der Waals surface area (Å²) >= 11 is 0. The molecule has 0 saturated carbocycles. The number of hydrogen-bond acceptors (Lipinski definition) is 2. The van der Waals surface area contributed by atoms with Crippen LogP contribution in [-0.4, -0.2) is 50.1 Å². The van der Waals surface area contributed by atoms with Gasteiger partial charge in [-0.3, -0.25) is 4.99 Å². The van der Waals surface area contributed by atoms with Crippen LogP contribution in [0.4, 0.5) is 0 Å². The van der Waals surface area contributed by atoms with Crippen molar-refractivity contribution in [1.82, 2.24) is 15.5 Å². The summed E-state index contributed by atoms with van der Waals surface area (Å²) in [7, 11) is 1.87. The number of likely N-dealkylation sites (tertiary alicyclic amines) is 1. The fourth-order valence-corrected chi connectivity index (χ4v) is 3.17. The van der Waals surface area contributed by atoms with Gasteiger partial charge in [-0.15, -0.1) is 24.0 Å². The maximum absolute atomic E-state index is 4.37. The van der Waals surface area contributed by atoms with Crippen molar-refractivity contribution in [2.24, 2.45) is 16.8 Å². The lowest BCUT2D eigenvalue weighted by Crippen LogP contribution is -2.44. The van der Waals surface area contributed by atoms with Crippen molar-refractivity contribution in [3.05, 3.63) is 0 Å². The van der Waals surface area contributed by atoms with E-state index in [1.807, 2.05) is 7.05 Å². The molecule has 0 radical (unpaired) electrons. The summed E-state index contributed by atoms with van der Waals surface area (Å²) in [6.07, 6.45) is 6.39. The van der Waals surface area contributed by atoms with E-state index in [2.05, 4.69) is 48.2 Å². The third-order valence-electron chi connectivity index (χ3n) is 4.49. The van der Waals surface area contributed by atoms with Gasteiger partial charge in [-0.25, -0.2) is 0 Å². The SMILES string of the molecule is CCCN1CCC(CNC(=NC)NC(C)CCCC(C)C)C1.I. The Kier molecular flexibility index (Phi) is 13.3. The highest BCUT2D eigenvalue weighted by Crippen LogP contribution is 2.15. The van der Waals surface area contributed by atoms with E-state index in [1.165, 1.54) is 51.7 Å². The summed E-state index contributed by atoms with van der Waals surface area (Å²) in [5.74, 6) is 2.53. The lowest BCUT2D eigenvalue weighted by molar-refractivity contribution is 0.324. The average Bonchev–Trinajstić information content (AvgIpc) is 2.91. The van der Waals surface area contributed by atoms with E-state index in [4.69, 9.17) is 0 Å². The summed E-state index contributed by atoms with van der Waals surface area (Å²) in [4.78, 5) is 6.95. The van der Waals surface area contributed by atoms with Crippen LogP contribution < -0.4 is 10.6 Å². The molecule has 138 valence electrons. The van der Waals surface area contributed by atoms with Crippen LogP contribution in [0.15, 0.2) is 4.99 Å². The van der Waals surface area contributed by atoms with Gasteiger partial charge in [-0.05, 0) is 51.1 Å². The van der Waals surface area contributed by atoms with Gasteiger partial charge < -0.3 is 15.5 Å². The molecule has 0 aliphatic carbocycles. The van der Waals surface area contributed by atoms with Crippen LogP contribution in [0.5, 0.6) is 0 Å². The molecule has 1 saturated heterocycles. The maximum atomic E-state index is 4.37. The predicted molar refractivity (Wildman–Crippen MR) is 113 cm³/mol. The molecule has 1 rings (SSSR count). The van der Waals surface area contributed by atoms with Gasteiger partial charge in [0.1, 0.15) is 0 Å². The zero-order valence-corrected chi connectivity index (χ0v) is 18.2. The Hall–Kier alpha value is -0.0400. The molecule has 1 aliphatic rings. The number of halogens is 1. The molecule has 0 bridgehead atoms. The highest BCUT2D eigenvalue weighted by atomic mass is 127. The van der Waals surface area contributed by atoms with Gasteiger partial charge in [0, 0.05) is 26.2 Å². The lowest BCUT2D eigenvalue weighted by Gasteiger charge is -2.20. The molecule has 5 heteroatoms. The summed E-state index contributed by atoms with van der Waals surface area (Å²) in [5, 5.41) is 7.04. The second-order valence-corrected chi connectivity index (χ2v) is 7.28. The Balaban J connectivity index is 0.00000484. The first-order valence-electron chi connectivity index (χ1n) is 9.24. The predicted octanol–water partition coefficient (Wildman–Crippen LogP) is 3.72. The Morgan fingerprint density at radius 2 is 2.00 bits per heavy atom. The third-order valence-corrected chi connectivity index (χ3v) is 4.49. The lowest BCUT2D eigenvalue weighted by atomic mass is 10.0. The molecular formula is C18H39IN4. The highest BCUT2D eigenvalue weighted by molar-refractivity contribution is 14.0. The topological polar surface area (TPSA) is 39.7 Å². The van der Waals surface area contributed by atoms with Gasteiger partial charge in [0.2, 0.25) is 0 Å². The number of nitrogens with one attached hydrogen (secondary N) is 2. The molecule has 2 unspecified atom stereocenters. The van der Waals surface area contributed by atoms with E-state index in [-0.39, 0.29) is 24.0 Å². The summed E-state index contributed by atoms with van der Waals surface area (Å²) in [6.45, 7) is 13.9. The molecular weight excluding hydrogens is 399 g/mol. The van der Waals surface area contributed by atoms with E-state index in [9.17, 15) is 0 Å². The minimum absolute atomic E-state index is 0. The van der Waals surface area contributed by atoms with Gasteiger partial charge >= 0.3 is 0 Å². The smallest absolute Gasteiger partial charge is 0.191 e. The van der Waals surface area contributed by atoms with Crippen molar-refractivity contribution in [1.29, 1.82) is 0 Å². The molecule has 1 aliphatic heterocycles. The van der Waals surface area contributed by atoms with Crippen molar-refractivity contribution in [2.75, 3.05) is 33.2 Å². The molecule has 2 N–H and O–H groups in total. The minimum Gasteiger partial charge on any atom is -0.356 e. The third kappa shape index (κ3) is 10.4. The van der Waals surface area contributed by atoms with Gasteiger partial charge in [0.15, 0.2) is 5.96 Å². The fourth-order valence-electron chi connectivity index (χ4n) is 3.17. The van der Waals surface area contributed by atoms with Crippen molar-refractivity contribution >= 4 is 29.9 Å². The molecule has 2 atom stereocenters. The maximum Gasteiger partial charge on any atom is 0.191 e. The largest absolute Gasteiger partial charge is 0.356 e. The molecule has 0 aromatic rings. The molecule has 0 aromatic heterocycles. The van der Waals surface area contributed by atoms with Crippen molar-refractivity contribution in [3.63, 3.8) is 0 Å². The number of aliphatic imine (C=N–C) groups is 1. The Labute approximate surface area is 161 Å². The molecule has 0 aromatic carbocycles. The van der Waals surface area contributed by atoms with Crippen molar-refractivity contribution in [2.45, 2.75) is 65.8 Å². The Bertz CT molecular complexity index is 320.